The van der Waals surface area contributed by atoms with Gasteiger partial charge in [0.1, 0.15) is 5.75 Å². The van der Waals surface area contributed by atoms with Gasteiger partial charge in [-0.1, -0.05) is 35.9 Å². The van der Waals surface area contributed by atoms with E-state index in [2.05, 4.69) is 4.99 Å². The molecule has 0 aliphatic carbocycles. The number of aromatic hydroxyl groups is 1. The number of benzene rings is 2. The van der Waals surface area contributed by atoms with Crippen LogP contribution in [-0.4, -0.2) is 10.8 Å². The van der Waals surface area contributed by atoms with Crippen LogP contribution in [0.15, 0.2) is 53.5 Å². The Labute approximate surface area is 112 Å². The van der Waals surface area contributed by atoms with Gasteiger partial charge in [-0.05, 0) is 36.8 Å². The van der Waals surface area contributed by atoms with Crippen molar-refractivity contribution in [3.63, 3.8) is 0 Å². The molecular formula is C15H14ClNO. The zero-order valence-corrected chi connectivity index (χ0v) is 10.9. The number of rotatable bonds is 3. The first-order chi connectivity index (χ1) is 8.66. The van der Waals surface area contributed by atoms with Crippen molar-refractivity contribution in [2.75, 3.05) is 0 Å². The molecule has 0 amide bonds. The Kier molecular flexibility index (Phi) is 4.00. The molecular weight excluding hydrogens is 246 g/mol. The van der Waals surface area contributed by atoms with E-state index in [0.29, 0.717) is 6.54 Å². The lowest BCUT2D eigenvalue weighted by molar-refractivity contribution is 0.474. The molecule has 0 unspecified atom stereocenters. The summed E-state index contributed by atoms with van der Waals surface area (Å²) in [5.74, 6) is 0.259. The van der Waals surface area contributed by atoms with Gasteiger partial charge in [0, 0.05) is 16.3 Å². The second-order valence-electron chi connectivity index (χ2n) is 4.05. The Bertz CT molecular complexity index is 561. The van der Waals surface area contributed by atoms with Crippen molar-refractivity contribution < 1.29 is 5.11 Å². The molecule has 0 saturated carbocycles. The van der Waals surface area contributed by atoms with Crippen LogP contribution in [0.5, 0.6) is 5.75 Å². The van der Waals surface area contributed by atoms with Gasteiger partial charge >= 0.3 is 0 Å². The number of hydrogen-bond donors (Lipinski definition) is 1. The third-order valence-electron chi connectivity index (χ3n) is 2.71. The molecule has 0 aromatic heterocycles. The van der Waals surface area contributed by atoms with Crippen LogP contribution in [0.1, 0.15) is 18.1 Å². The van der Waals surface area contributed by atoms with Crippen molar-refractivity contribution in [3.05, 3.63) is 64.7 Å². The number of aliphatic imine (C=N–C) groups is 1. The molecule has 0 saturated heterocycles. The Morgan fingerprint density at radius 2 is 1.78 bits per heavy atom. The molecule has 1 N–H and O–H groups in total. The largest absolute Gasteiger partial charge is 0.507 e. The summed E-state index contributed by atoms with van der Waals surface area (Å²) in [6.45, 7) is 2.47. The lowest BCUT2D eigenvalue weighted by Gasteiger charge is -2.04. The zero-order chi connectivity index (χ0) is 13.0. The normalized spacial score (nSPS) is 11.6. The van der Waals surface area contributed by atoms with Crippen LogP contribution in [0.3, 0.4) is 0 Å². The molecule has 3 heteroatoms. The summed E-state index contributed by atoms with van der Waals surface area (Å²) < 4.78 is 0. The van der Waals surface area contributed by atoms with E-state index in [4.69, 9.17) is 11.6 Å². The third kappa shape index (κ3) is 3.11. The number of para-hydroxylation sites is 1. The number of halogens is 1. The minimum atomic E-state index is 0.259. The molecule has 0 radical (unpaired) electrons. The summed E-state index contributed by atoms with van der Waals surface area (Å²) in [7, 11) is 0. The van der Waals surface area contributed by atoms with Gasteiger partial charge in [0.2, 0.25) is 0 Å². The van der Waals surface area contributed by atoms with Crippen molar-refractivity contribution in [1.29, 1.82) is 0 Å². The molecule has 0 fully saturated rings. The summed E-state index contributed by atoms with van der Waals surface area (Å²) in [4.78, 5) is 4.47. The first-order valence-corrected chi connectivity index (χ1v) is 6.08. The van der Waals surface area contributed by atoms with Crippen LogP contribution < -0.4 is 0 Å². The minimum Gasteiger partial charge on any atom is -0.507 e. The fraction of sp³-hybridized carbons (Fsp3) is 0.133. The Morgan fingerprint density at radius 3 is 2.44 bits per heavy atom. The lowest BCUT2D eigenvalue weighted by Crippen LogP contribution is -1.96. The van der Waals surface area contributed by atoms with Crippen LogP contribution >= 0.6 is 11.6 Å². The Balaban J connectivity index is 2.14. The van der Waals surface area contributed by atoms with Crippen molar-refractivity contribution >= 4 is 17.3 Å². The molecule has 2 nitrogen and oxygen atoms in total. The maximum absolute atomic E-state index is 9.72. The predicted octanol–water partition coefficient (Wildman–Crippen LogP) is 4.05. The smallest absolute Gasteiger partial charge is 0.124 e. The number of hydrogen-bond acceptors (Lipinski definition) is 2. The molecule has 2 aromatic carbocycles. The van der Waals surface area contributed by atoms with Crippen LogP contribution in [0.2, 0.25) is 5.02 Å². The molecule has 18 heavy (non-hydrogen) atoms. The van der Waals surface area contributed by atoms with Gasteiger partial charge in [-0.25, -0.2) is 0 Å². The monoisotopic (exact) mass is 259 g/mol. The molecule has 0 aliphatic rings. The fourth-order valence-electron chi connectivity index (χ4n) is 1.66. The first kappa shape index (κ1) is 12.7. The van der Waals surface area contributed by atoms with Gasteiger partial charge in [-0.2, -0.15) is 0 Å². The highest BCUT2D eigenvalue weighted by molar-refractivity contribution is 6.30. The van der Waals surface area contributed by atoms with Gasteiger partial charge in [-0.3, -0.25) is 4.99 Å². The second kappa shape index (κ2) is 5.69. The van der Waals surface area contributed by atoms with Gasteiger partial charge in [0.05, 0.1) is 6.54 Å². The fourth-order valence-corrected chi connectivity index (χ4v) is 1.79. The predicted molar refractivity (Wildman–Crippen MR) is 75.5 cm³/mol. The minimum absolute atomic E-state index is 0.259. The molecule has 0 spiro atoms. The lowest BCUT2D eigenvalue weighted by atomic mass is 10.1. The topological polar surface area (TPSA) is 32.6 Å². The zero-order valence-electron chi connectivity index (χ0n) is 10.1. The quantitative estimate of drug-likeness (QED) is 0.829. The highest BCUT2D eigenvalue weighted by Crippen LogP contribution is 2.17. The second-order valence-corrected chi connectivity index (χ2v) is 4.48. The highest BCUT2D eigenvalue weighted by atomic mass is 35.5. The van der Waals surface area contributed by atoms with E-state index in [1.807, 2.05) is 43.3 Å². The van der Waals surface area contributed by atoms with Gasteiger partial charge in [-0.15, -0.1) is 0 Å². The first-order valence-electron chi connectivity index (χ1n) is 5.70. The molecule has 0 heterocycles. The van der Waals surface area contributed by atoms with E-state index in [0.717, 1.165) is 21.9 Å². The standard InChI is InChI=1S/C15H14ClNO/c1-11(14-4-2-3-5-15(14)18)17-10-12-6-8-13(16)9-7-12/h2-9,18H,10H2,1H3. The molecule has 0 bridgehead atoms. The van der Waals surface area contributed by atoms with Crippen LogP contribution in [0.4, 0.5) is 0 Å². The van der Waals surface area contributed by atoms with Crippen LogP contribution in [0.25, 0.3) is 0 Å². The van der Waals surface area contributed by atoms with Gasteiger partial charge in [0.15, 0.2) is 0 Å². The maximum atomic E-state index is 9.72. The van der Waals surface area contributed by atoms with Crippen molar-refractivity contribution in [3.8, 4) is 5.75 Å². The van der Waals surface area contributed by atoms with Crippen LogP contribution in [0, 0.1) is 0 Å². The molecule has 0 aliphatic heterocycles. The van der Waals surface area contributed by atoms with E-state index < -0.39 is 0 Å². The Morgan fingerprint density at radius 1 is 1.11 bits per heavy atom. The SMILES string of the molecule is CC(=NCc1ccc(Cl)cc1)c1ccccc1O. The van der Waals surface area contributed by atoms with Gasteiger partial charge in [0.25, 0.3) is 0 Å². The number of nitrogens with zero attached hydrogens (tertiary/aromatic N) is 1. The summed E-state index contributed by atoms with van der Waals surface area (Å²) in [6.07, 6.45) is 0. The molecule has 0 atom stereocenters. The van der Waals surface area contributed by atoms with Crippen LogP contribution in [-0.2, 0) is 6.54 Å². The summed E-state index contributed by atoms with van der Waals surface area (Å²) in [5.41, 5.74) is 2.68. The summed E-state index contributed by atoms with van der Waals surface area (Å²) in [5, 5.41) is 10.4. The van der Waals surface area contributed by atoms with Crippen molar-refractivity contribution in [2.24, 2.45) is 4.99 Å². The molecule has 2 aromatic rings. The average Bonchev–Trinajstić information content (AvgIpc) is 2.38. The van der Waals surface area contributed by atoms with E-state index in [1.54, 1.807) is 12.1 Å². The Hall–Kier alpha value is -1.80. The average molecular weight is 260 g/mol. The highest BCUT2D eigenvalue weighted by Gasteiger charge is 2.02. The molecule has 92 valence electrons. The molecule has 2 rings (SSSR count). The van der Waals surface area contributed by atoms with E-state index in [-0.39, 0.29) is 5.75 Å². The van der Waals surface area contributed by atoms with E-state index >= 15 is 0 Å². The summed E-state index contributed by atoms with van der Waals surface area (Å²) >= 11 is 5.82. The van der Waals surface area contributed by atoms with Crippen molar-refractivity contribution in [1.82, 2.24) is 0 Å². The van der Waals surface area contributed by atoms with Gasteiger partial charge < -0.3 is 5.11 Å². The van der Waals surface area contributed by atoms with Crippen molar-refractivity contribution in [2.45, 2.75) is 13.5 Å². The van der Waals surface area contributed by atoms with E-state index in [1.165, 1.54) is 0 Å². The maximum Gasteiger partial charge on any atom is 0.124 e. The number of phenolic OH excluding ortho intramolecular Hbond substituents is 1. The number of phenols is 1. The third-order valence-corrected chi connectivity index (χ3v) is 2.96. The van der Waals surface area contributed by atoms with E-state index in [9.17, 15) is 5.11 Å². The summed E-state index contributed by atoms with van der Waals surface area (Å²) in [6, 6.07) is 14.8.